The van der Waals surface area contributed by atoms with Crippen LogP contribution in [0.15, 0.2) is 30.6 Å². The lowest BCUT2D eigenvalue weighted by Gasteiger charge is -2.23. The lowest BCUT2D eigenvalue weighted by Crippen LogP contribution is -2.17. The predicted octanol–water partition coefficient (Wildman–Crippen LogP) is 2.50. The predicted molar refractivity (Wildman–Crippen MR) is 78.7 cm³/mol. The highest BCUT2D eigenvalue weighted by Gasteiger charge is 2.22. The highest BCUT2D eigenvalue weighted by molar-refractivity contribution is 5.86. The summed E-state index contributed by atoms with van der Waals surface area (Å²) in [6, 6.07) is 6.18. The Hall–Kier alpha value is -2.24. The minimum atomic E-state index is -0.598. The average Bonchev–Trinajstić information content (AvgIpc) is 2.88. The van der Waals surface area contributed by atoms with Gasteiger partial charge in [0.05, 0.1) is 24.4 Å². The number of rotatable bonds is 1. The van der Waals surface area contributed by atoms with Crippen molar-refractivity contribution in [2.75, 3.05) is 6.61 Å². The first-order valence-electron chi connectivity index (χ1n) is 6.92. The number of nitrogens with zero attached hydrogens (tertiary/aromatic N) is 2. The van der Waals surface area contributed by atoms with Crippen molar-refractivity contribution < 1.29 is 9.84 Å². The molecule has 0 radical (unpaired) electrons. The molecule has 1 aliphatic rings. The van der Waals surface area contributed by atoms with Gasteiger partial charge in [-0.25, -0.2) is 0 Å². The summed E-state index contributed by atoms with van der Waals surface area (Å²) in [6.07, 6.45) is 2.95. The van der Waals surface area contributed by atoms with Crippen LogP contribution in [0, 0.1) is 6.92 Å². The van der Waals surface area contributed by atoms with Crippen molar-refractivity contribution in [3.63, 3.8) is 0 Å². The maximum absolute atomic E-state index is 10.0. The van der Waals surface area contributed by atoms with Gasteiger partial charge < -0.3 is 9.84 Å². The Morgan fingerprint density at radius 2 is 2.24 bits per heavy atom. The number of aliphatic hydroxyl groups excluding tert-OH is 1. The molecular weight excluding hydrogens is 266 g/mol. The first-order valence-corrected chi connectivity index (χ1v) is 6.92. The molecule has 0 saturated carbocycles. The van der Waals surface area contributed by atoms with Crippen LogP contribution in [0.25, 0.3) is 22.0 Å². The number of hydrogen-bond acceptors (Lipinski definition) is 4. The number of pyridine rings is 1. The molecule has 0 amide bonds. The van der Waals surface area contributed by atoms with Gasteiger partial charge in [-0.05, 0) is 24.1 Å². The first kappa shape index (κ1) is 12.5. The van der Waals surface area contributed by atoms with E-state index in [1.807, 2.05) is 13.1 Å². The standard InChI is InChI=1S/C16H15N3O2/c1-9-11-3-2-10(4-15(11)19-18-9)12-5-17-6-13-14(12)7-21-8-16(13)20/h2-6,16,20H,7-8H2,1H3,(H,18,19). The third kappa shape index (κ3) is 1.93. The summed E-state index contributed by atoms with van der Waals surface area (Å²) in [5.41, 5.74) is 5.91. The molecule has 1 unspecified atom stereocenters. The van der Waals surface area contributed by atoms with Crippen molar-refractivity contribution in [1.29, 1.82) is 0 Å². The molecular formula is C16H15N3O2. The van der Waals surface area contributed by atoms with E-state index in [1.54, 1.807) is 6.20 Å². The number of aliphatic hydroxyl groups is 1. The van der Waals surface area contributed by atoms with E-state index in [2.05, 4.69) is 33.4 Å². The van der Waals surface area contributed by atoms with Crippen molar-refractivity contribution in [3.8, 4) is 11.1 Å². The van der Waals surface area contributed by atoms with E-state index in [0.717, 1.165) is 38.9 Å². The molecule has 0 aliphatic carbocycles. The van der Waals surface area contributed by atoms with Gasteiger partial charge in [0.2, 0.25) is 0 Å². The molecule has 2 N–H and O–H groups in total. The molecule has 0 saturated heterocycles. The zero-order valence-electron chi connectivity index (χ0n) is 11.6. The van der Waals surface area contributed by atoms with E-state index in [-0.39, 0.29) is 0 Å². The van der Waals surface area contributed by atoms with Gasteiger partial charge in [0.1, 0.15) is 6.10 Å². The fourth-order valence-electron chi connectivity index (χ4n) is 2.89. The molecule has 0 spiro atoms. The molecule has 4 rings (SSSR count). The van der Waals surface area contributed by atoms with Gasteiger partial charge in [0, 0.05) is 28.9 Å². The van der Waals surface area contributed by atoms with Crippen LogP contribution < -0.4 is 0 Å². The topological polar surface area (TPSA) is 71.0 Å². The van der Waals surface area contributed by atoms with Crippen LogP contribution in [0.5, 0.6) is 0 Å². The third-order valence-electron chi connectivity index (χ3n) is 4.04. The zero-order valence-corrected chi connectivity index (χ0v) is 11.6. The van der Waals surface area contributed by atoms with Crippen LogP contribution in [-0.2, 0) is 11.3 Å². The van der Waals surface area contributed by atoms with Gasteiger partial charge in [0.25, 0.3) is 0 Å². The summed E-state index contributed by atoms with van der Waals surface area (Å²) < 4.78 is 5.46. The Balaban J connectivity index is 1.90. The van der Waals surface area contributed by atoms with Crippen molar-refractivity contribution in [2.24, 2.45) is 0 Å². The molecule has 0 fully saturated rings. The maximum Gasteiger partial charge on any atom is 0.104 e. The lowest BCUT2D eigenvalue weighted by molar-refractivity contribution is 0.00981. The summed E-state index contributed by atoms with van der Waals surface area (Å²) in [5.74, 6) is 0. The highest BCUT2D eigenvalue weighted by atomic mass is 16.5. The van der Waals surface area contributed by atoms with Gasteiger partial charge in [0.15, 0.2) is 0 Å². The molecule has 3 aromatic rings. The Morgan fingerprint density at radius 1 is 1.33 bits per heavy atom. The van der Waals surface area contributed by atoms with Crippen molar-refractivity contribution in [2.45, 2.75) is 19.6 Å². The summed E-state index contributed by atoms with van der Waals surface area (Å²) in [4.78, 5) is 4.27. The lowest BCUT2D eigenvalue weighted by atomic mass is 9.94. The average molecular weight is 281 g/mol. The minimum absolute atomic E-state index is 0.330. The number of benzene rings is 1. The summed E-state index contributed by atoms with van der Waals surface area (Å²) in [6.45, 7) is 2.82. The Labute approximate surface area is 121 Å². The highest BCUT2D eigenvalue weighted by Crippen LogP contribution is 2.33. The second-order valence-electron chi connectivity index (χ2n) is 5.36. The number of aryl methyl sites for hydroxylation is 1. The Bertz CT molecular complexity index is 826. The number of hydrogen-bond donors (Lipinski definition) is 2. The molecule has 21 heavy (non-hydrogen) atoms. The number of ether oxygens (including phenoxy) is 1. The summed E-state index contributed by atoms with van der Waals surface area (Å²) in [5, 5.41) is 18.4. The summed E-state index contributed by atoms with van der Waals surface area (Å²) in [7, 11) is 0. The summed E-state index contributed by atoms with van der Waals surface area (Å²) >= 11 is 0. The molecule has 1 atom stereocenters. The van der Waals surface area contributed by atoms with E-state index in [9.17, 15) is 5.11 Å². The first-order chi connectivity index (χ1) is 10.2. The molecule has 1 aromatic carbocycles. The van der Waals surface area contributed by atoms with E-state index in [0.29, 0.717) is 13.2 Å². The quantitative estimate of drug-likeness (QED) is 0.719. The normalized spacial score (nSPS) is 17.9. The van der Waals surface area contributed by atoms with E-state index >= 15 is 0 Å². The van der Waals surface area contributed by atoms with Crippen molar-refractivity contribution >= 4 is 10.9 Å². The zero-order chi connectivity index (χ0) is 14.4. The number of nitrogens with one attached hydrogen (secondary N) is 1. The molecule has 106 valence electrons. The van der Waals surface area contributed by atoms with E-state index in [1.165, 1.54) is 0 Å². The van der Waals surface area contributed by atoms with Crippen LogP contribution >= 0.6 is 0 Å². The molecule has 5 heteroatoms. The van der Waals surface area contributed by atoms with Crippen LogP contribution in [-0.4, -0.2) is 26.9 Å². The van der Waals surface area contributed by atoms with Crippen molar-refractivity contribution in [3.05, 3.63) is 47.4 Å². The maximum atomic E-state index is 10.0. The van der Waals surface area contributed by atoms with Crippen LogP contribution in [0.2, 0.25) is 0 Å². The van der Waals surface area contributed by atoms with Gasteiger partial charge >= 0.3 is 0 Å². The Kier molecular flexibility index (Phi) is 2.77. The number of H-pyrrole nitrogens is 1. The molecule has 2 aromatic heterocycles. The Morgan fingerprint density at radius 3 is 3.14 bits per heavy atom. The minimum Gasteiger partial charge on any atom is -0.386 e. The van der Waals surface area contributed by atoms with E-state index < -0.39 is 6.10 Å². The second kappa shape index (κ2) is 4.65. The SMILES string of the molecule is Cc1n[nH]c2cc(-c3cncc4c3COCC4O)ccc12. The van der Waals surface area contributed by atoms with Gasteiger partial charge in [-0.2, -0.15) is 5.10 Å². The third-order valence-corrected chi connectivity index (χ3v) is 4.04. The van der Waals surface area contributed by atoms with Gasteiger partial charge in [-0.3, -0.25) is 10.1 Å². The smallest absolute Gasteiger partial charge is 0.104 e. The van der Waals surface area contributed by atoms with Crippen LogP contribution in [0.3, 0.4) is 0 Å². The number of aromatic amines is 1. The molecule has 3 heterocycles. The van der Waals surface area contributed by atoms with Crippen LogP contribution in [0.4, 0.5) is 0 Å². The van der Waals surface area contributed by atoms with Crippen molar-refractivity contribution in [1.82, 2.24) is 15.2 Å². The van der Waals surface area contributed by atoms with Gasteiger partial charge in [-0.15, -0.1) is 0 Å². The second-order valence-corrected chi connectivity index (χ2v) is 5.36. The fraction of sp³-hybridized carbons (Fsp3) is 0.250. The van der Waals surface area contributed by atoms with E-state index in [4.69, 9.17) is 4.74 Å². The monoisotopic (exact) mass is 281 g/mol. The number of aromatic nitrogens is 3. The fourth-order valence-corrected chi connectivity index (χ4v) is 2.89. The molecule has 5 nitrogen and oxygen atoms in total. The number of fused-ring (bicyclic) bond motifs is 2. The largest absolute Gasteiger partial charge is 0.386 e. The molecule has 1 aliphatic heterocycles. The van der Waals surface area contributed by atoms with Gasteiger partial charge in [-0.1, -0.05) is 12.1 Å². The van der Waals surface area contributed by atoms with Crippen LogP contribution in [0.1, 0.15) is 22.9 Å². The molecule has 0 bridgehead atoms.